The summed E-state index contributed by atoms with van der Waals surface area (Å²) in [6.45, 7) is 0. The molecule has 0 fully saturated rings. The number of hydrogen-bond acceptors (Lipinski definition) is 2. The van der Waals surface area contributed by atoms with Crippen LogP contribution in [0.3, 0.4) is 0 Å². The van der Waals surface area contributed by atoms with E-state index in [1.54, 1.807) is 0 Å². The van der Waals surface area contributed by atoms with Crippen molar-refractivity contribution in [1.29, 1.82) is 5.41 Å². The molecule has 1 unspecified atom stereocenters. The van der Waals surface area contributed by atoms with E-state index in [-0.39, 0.29) is 0 Å². The lowest BCUT2D eigenvalue weighted by molar-refractivity contribution is 0.683. The average molecular weight is 244 g/mol. The highest BCUT2D eigenvalue weighted by Crippen LogP contribution is 2.10. The predicted octanol–water partition coefficient (Wildman–Crippen LogP) is 2.67. The fourth-order valence-corrected chi connectivity index (χ4v) is 2.21. The van der Waals surface area contributed by atoms with Crippen molar-refractivity contribution in [3.63, 3.8) is 0 Å². The van der Waals surface area contributed by atoms with Gasteiger partial charge < -0.3 is 5.41 Å². The van der Waals surface area contributed by atoms with E-state index < -0.39 is 10.8 Å². The van der Waals surface area contributed by atoms with E-state index in [0.717, 1.165) is 17.9 Å². The molecule has 0 spiro atoms. The van der Waals surface area contributed by atoms with Gasteiger partial charge in [-0.25, -0.2) is 0 Å². The summed E-state index contributed by atoms with van der Waals surface area (Å²) in [5.41, 5.74) is 1.21. The molecule has 0 radical (unpaired) electrons. The molecule has 15 heavy (non-hydrogen) atoms. The van der Waals surface area contributed by atoms with Crippen LogP contribution < -0.4 is 0 Å². The number of nitrogens with one attached hydrogen (secondary N) is 1. The summed E-state index contributed by atoms with van der Waals surface area (Å²) < 4.78 is 11.2. The van der Waals surface area contributed by atoms with Gasteiger partial charge in [-0.3, -0.25) is 4.21 Å². The van der Waals surface area contributed by atoms with Gasteiger partial charge in [0.15, 0.2) is 0 Å². The molecule has 1 aromatic carbocycles. The smallest absolute Gasteiger partial charge is 0.0582 e. The standard InChI is InChI=1S/C11H14ClNOS/c12-11-5-3-10(4-6-11)2-1-8-15(14)9-7-13/h3-7,13H,1-2,8-9H2. The molecule has 0 amide bonds. The second-order valence-corrected chi connectivity index (χ2v) is 5.30. The van der Waals surface area contributed by atoms with E-state index in [4.69, 9.17) is 17.0 Å². The van der Waals surface area contributed by atoms with Gasteiger partial charge in [-0.2, -0.15) is 0 Å². The first-order valence-electron chi connectivity index (χ1n) is 4.80. The van der Waals surface area contributed by atoms with Crippen LogP contribution in [0.25, 0.3) is 0 Å². The lowest BCUT2D eigenvalue weighted by Gasteiger charge is -2.01. The Kier molecular flexibility index (Phi) is 5.58. The van der Waals surface area contributed by atoms with Crippen molar-refractivity contribution in [2.24, 2.45) is 0 Å². The molecule has 2 nitrogen and oxygen atoms in total. The molecule has 0 heterocycles. The minimum atomic E-state index is -0.867. The highest BCUT2D eigenvalue weighted by atomic mass is 35.5. The highest BCUT2D eigenvalue weighted by molar-refractivity contribution is 7.85. The molecule has 1 aromatic rings. The average Bonchev–Trinajstić information content (AvgIpc) is 2.21. The van der Waals surface area contributed by atoms with Crippen molar-refractivity contribution < 1.29 is 4.21 Å². The minimum Gasteiger partial charge on any atom is -0.312 e. The Bertz CT molecular complexity index is 337. The summed E-state index contributed by atoms with van der Waals surface area (Å²) in [5.74, 6) is 1.04. The summed E-state index contributed by atoms with van der Waals surface area (Å²) in [6.07, 6.45) is 3.02. The fraction of sp³-hybridized carbons (Fsp3) is 0.364. The quantitative estimate of drug-likeness (QED) is 0.767. The van der Waals surface area contributed by atoms with Crippen LogP contribution in [0, 0.1) is 5.41 Å². The van der Waals surface area contributed by atoms with Crippen molar-refractivity contribution in [1.82, 2.24) is 0 Å². The van der Waals surface area contributed by atoms with Crippen molar-refractivity contribution in [2.75, 3.05) is 11.5 Å². The topological polar surface area (TPSA) is 40.9 Å². The van der Waals surface area contributed by atoms with Gasteiger partial charge in [0.1, 0.15) is 0 Å². The molecule has 1 atom stereocenters. The molecule has 4 heteroatoms. The zero-order valence-electron chi connectivity index (χ0n) is 8.41. The van der Waals surface area contributed by atoms with E-state index in [2.05, 4.69) is 0 Å². The van der Waals surface area contributed by atoms with Crippen LogP contribution in [0.15, 0.2) is 24.3 Å². The molecule has 0 aliphatic heterocycles. The highest BCUT2D eigenvalue weighted by Gasteiger charge is 1.98. The van der Waals surface area contributed by atoms with Crippen LogP contribution in [0.4, 0.5) is 0 Å². The third-order valence-corrected chi connectivity index (χ3v) is 3.55. The molecule has 0 saturated heterocycles. The third kappa shape index (κ3) is 5.09. The summed E-state index contributed by atoms with van der Waals surface area (Å²) in [4.78, 5) is 0. The van der Waals surface area contributed by atoms with Crippen LogP contribution in [0.5, 0.6) is 0 Å². The second kappa shape index (κ2) is 6.75. The van der Waals surface area contributed by atoms with Gasteiger partial charge in [0, 0.05) is 27.8 Å². The van der Waals surface area contributed by atoms with Crippen LogP contribution in [0.2, 0.25) is 5.02 Å². The summed E-state index contributed by atoms with van der Waals surface area (Å²) >= 11 is 5.76. The van der Waals surface area contributed by atoms with Gasteiger partial charge in [-0.15, -0.1) is 0 Å². The van der Waals surface area contributed by atoms with Crippen molar-refractivity contribution in [3.05, 3.63) is 34.9 Å². The normalized spacial score (nSPS) is 12.3. The second-order valence-electron chi connectivity index (χ2n) is 3.24. The number of aryl methyl sites for hydroxylation is 1. The molecule has 0 aromatic heterocycles. The molecule has 1 rings (SSSR count). The zero-order chi connectivity index (χ0) is 11.1. The SMILES string of the molecule is N=CCS(=O)CCCc1ccc(Cl)cc1. The fourth-order valence-electron chi connectivity index (χ4n) is 1.26. The Morgan fingerprint density at radius 1 is 1.33 bits per heavy atom. The lowest BCUT2D eigenvalue weighted by atomic mass is 10.1. The number of rotatable bonds is 6. The molecule has 0 aliphatic carbocycles. The van der Waals surface area contributed by atoms with E-state index >= 15 is 0 Å². The Morgan fingerprint density at radius 2 is 2.00 bits per heavy atom. The van der Waals surface area contributed by atoms with Gasteiger partial charge in [-0.05, 0) is 30.5 Å². The van der Waals surface area contributed by atoms with E-state index in [0.29, 0.717) is 11.5 Å². The summed E-state index contributed by atoms with van der Waals surface area (Å²) in [6, 6.07) is 7.71. The van der Waals surface area contributed by atoms with Gasteiger partial charge in [0.2, 0.25) is 0 Å². The Balaban J connectivity index is 2.28. The zero-order valence-corrected chi connectivity index (χ0v) is 9.98. The van der Waals surface area contributed by atoms with Crippen LogP contribution in [0.1, 0.15) is 12.0 Å². The Morgan fingerprint density at radius 3 is 2.60 bits per heavy atom. The minimum absolute atomic E-state index is 0.376. The molecule has 82 valence electrons. The van der Waals surface area contributed by atoms with Gasteiger partial charge in [0.05, 0.1) is 5.75 Å². The van der Waals surface area contributed by atoms with Crippen molar-refractivity contribution in [3.8, 4) is 0 Å². The first-order valence-corrected chi connectivity index (χ1v) is 6.67. The molecule has 0 aliphatic rings. The van der Waals surface area contributed by atoms with E-state index in [9.17, 15) is 4.21 Å². The van der Waals surface area contributed by atoms with Crippen molar-refractivity contribution >= 4 is 28.6 Å². The number of benzene rings is 1. The Hall–Kier alpha value is -0.670. The largest absolute Gasteiger partial charge is 0.312 e. The molecule has 1 N–H and O–H groups in total. The van der Waals surface area contributed by atoms with Crippen LogP contribution in [-0.4, -0.2) is 21.9 Å². The molecular weight excluding hydrogens is 230 g/mol. The first kappa shape index (κ1) is 12.4. The van der Waals surface area contributed by atoms with Gasteiger partial charge >= 0.3 is 0 Å². The van der Waals surface area contributed by atoms with Crippen LogP contribution >= 0.6 is 11.6 Å². The molecule has 0 saturated carbocycles. The Labute approximate surface area is 97.6 Å². The summed E-state index contributed by atoms with van der Waals surface area (Å²) in [7, 11) is -0.867. The van der Waals surface area contributed by atoms with E-state index in [1.807, 2.05) is 24.3 Å². The predicted molar refractivity (Wildman–Crippen MR) is 66.4 cm³/mol. The van der Waals surface area contributed by atoms with E-state index in [1.165, 1.54) is 11.8 Å². The summed E-state index contributed by atoms with van der Waals surface area (Å²) in [5, 5.41) is 7.57. The first-order chi connectivity index (χ1) is 7.22. The molecular formula is C11H14ClNOS. The maximum Gasteiger partial charge on any atom is 0.0582 e. The van der Waals surface area contributed by atoms with Gasteiger partial charge in [-0.1, -0.05) is 23.7 Å². The number of hydrogen-bond donors (Lipinski definition) is 1. The molecule has 0 bridgehead atoms. The maximum absolute atomic E-state index is 11.2. The van der Waals surface area contributed by atoms with Crippen LogP contribution in [-0.2, 0) is 17.2 Å². The van der Waals surface area contributed by atoms with Crippen molar-refractivity contribution in [2.45, 2.75) is 12.8 Å². The monoisotopic (exact) mass is 243 g/mol. The lowest BCUT2D eigenvalue weighted by Crippen LogP contribution is -2.04. The maximum atomic E-state index is 11.2. The van der Waals surface area contributed by atoms with Gasteiger partial charge in [0.25, 0.3) is 0 Å². The number of halogens is 1. The third-order valence-electron chi connectivity index (χ3n) is 2.02.